The lowest BCUT2D eigenvalue weighted by molar-refractivity contribution is -0.137. The van der Waals surface area contributed by atoms with Gasteiger partial charge in [-0.25, -0.2) is 5.43 Å². The molecule has 1 N–H and O–H groups in total. The summed E-state index contributed by atoms with van der Waals surface area (Å²) in [5.41, 5.74) is 4.44. The van der Waals surface area contributed by atoms with Crippen LogP contribution in [0.25, 0.3) is 0 Å². The molecule has 0 spiro atoms. The van der Waals surface area contributed by atoms with E-state index in [2.05, 4.69) is 10.4 Å². The van der Waals surface area contributed by atoms with E-state index in [0.29, 0.717) is 0 Å². The largest absolute Gasteiger partial charge is 0.429 e. The fourth-order valence-electron chi connectivity index (χ4n) is 1.87. The Morgan fingerprint density at radius 3 is 3.15 bits per heavy atom. The number of rotatable bonds is 1. The number of esters is 1. The second-order valence-electron chi connectivity index (χ2n) is 3.38. The van der Waals surface area contributed by atoms with E-state index in [-0.39, 0.29) is 5.97 Å². The molecule has 1 saturated heterocycles. The van der Waals surface area contributed by atoms with Gasteiger partial charge in [0.25, 0.3) is 0 Å². The summed E-state index contributed by atoms with van der Waals surface area (Å²) in [5, 5.41) is 2.10. The number of carbonyl (C=O) groups excluding carboxylic acids is 1. The van der Waals surface area contributed by atoms with Gasteiger partial charge in [-0.1, -0.05) is 0 Å². The van der Waals surface area contributed by atoms with Crippen LogP contribution in [0.15, 0.2) is 11.5 Å². The van der Waals surface area contributed by atoms with E-state index in [1.807, 2.05) is 0 Å². The third-order valence-electron chi connectivity index (χ3n) is 2.36. The van der Waals surface area contributed by atoms with Crippen LogP contribution in [0, 0.1) is 0 Å². The van der Waals surface area contributed by atoms with Crippen LogP contribution >= 0.6 is 0 Å². The van der Waals surface area contributed by atoms with Crippen LogP contribution in [0.3, 0.4) is 0 Å². The highest BCUT2D eigenvalue weighted by molar-refractivity contribution is 5.67. The first-order valence-electron chi connectivity index (χ1n) is 4.69. The number of hydrogen-bond donors (Lipinski definition) is 1. The summed E-state index contributed by atoms with van der Waals surface area (Å²) in [6.07, 6.45) is 2.99. The van der Waals surface area contributed by atoms with Gasteiger partial charge < -0.3 is 9.75 Å². The van der Waals surface area contributed by atoms with Gasteiger partial charge >= 0.3 is 5.97 Å². The first-order chi connectivity index (χ1) is 6.27. The van der Waals surface area contributed by atoms with Crippen LogP contribution in [-0.4, -0.2) is 24.1 Å². The maximum Gasteiger partial charge on any atom is 0.307 e. The third-order valence-corrected chi connectivity index (χ3v) is 2.36. The van der Waals surface area contributed by atoms with Crippen molar-refractivity contribution in [3.8, 4) is 0 Å². The van der Waals surface area contributed by atoms with Crippen LogP contribution in [0.1, 0.15) is 26.2 Å². The van der Waals surface area contributed by atoms with E-state index in [1.54, 1.807) is 0 Å². The predicted molar refractivity (Wildman–Crippen MR) is 47.4 cm³/mol. The third kappa shape index (κ3) is 1.67. The van der Waals surface area contributed by atoms with Crippen molar-refractivity contribution in [2.75, 3.05) is 13.1 Å². The number of hydrazine groups is 1. The maximum absolute atomic E-state index is 10.8. The minimum atomic E-state index is -0.212. The van der Waals surface area contributed by atoms with E-state index >= 15 is 0 Å². The molecule has 0 amide bonds. The second-order valence-corrected chi connectivity index (χ2v) is 3.38. The van der Waals surface area contributed by atoms with Crippen molar-refractivity contribution >= 4 is 5.97 Å². The van der Waals surface area contributed by atoms with Crippen molar-refractivity contribution < 1.29 is 9.53 Å². The number of nitrogens with one attached hydrogen (secondary N) is 1. The highest BCUT2D eigenvalue weighted by atomic mass is 16.5. The van der Waals surface area contributed by atoms with Gasteiger partial charge in [0, 0.05) is 26.4 Å². The van der Waals surface area contributed by atoms with Gasteiger partial charge in [-0.2, -0.15) is 0 Å². The maximum atomic E-state index is 10.8. The molecular weight excluding hydrogens is 168 g/mol. The molecule has 1 fully saturated rings. The first-order valence-corrected chi connectivity index (χ1v) is 4.69. The Balaban J connectivity index is 2.17. The molecule has 0 saturated carbocycles. The molecule has 4 heteroatoms. The summed E-state index contributed by atoms with van der Waals surface area (Å²) in [6.45, 7) is 3.35. The zero-order valence-electron chi connectivity index (χ0n) is 7.80. The lowest BCUT2D eigenvalue weighted by Gasteiger charge is -2.28. The zero-order valence-corrected chi connectivity index (χ0v) is 7.80. The standard InChI is InChI=1S/C9H14N2O2/c1-7(12)13-9-4-5-10-11-6-2-3-8(9)11/h10H,2-6H2,1H3. The average molecular weight is 182 g/mol. The van der Waals surface area contributed by atoms with E-state index in [1.165, 1.54) is 12.6 Å². The molecule has 0 radical (unpaired) electrons. The lowest BCUT2D eigenvalue weighted by Crippen LogP contribution is -2.39. The highest BCUT2D eigenvalue weighted by Crippen LogP contribution is 2.27. The fraction of sp³-hybridized carbons (Fsp3) is 0.667. The number of carbonyl (C=O) groups is 1. The van der Waals surface area contributed by atoms with Crippen LogP contribution in [0.4, 0.5) is 0 Å². The summed E-state index contributed by atoms with van der Waals surface area (Å²) in [6, 6.07) is 0. The second kappa shape index (κ2) is 3.38. The van der Waals surface area contributed by atoms with Gasteiger partial charge in [-0.15, -0.1) is 0 Å². The van der Waals surface area contributed by atoms with Crippen molar-refractivity contribution in [1.29, 1.82) is 0 Å². The molecule has 13 heavy (non-hydrogen) atoms. The quantitative estimate of drug-likeness (QED) is 0.608. The van der Waals surface area contributed by atoms with Crippen LogP contribution < -0.4 is 5.43 Å². The molecule has 2 aliphatic rings. The lowest BCUT2D eigenvalue weighted by atomic mass is 10.2. The minimum Gasteiger partial charge on any atom is -0.429 e. The smallest absolute Gasteiger partial charge is 0.307 e. The van der Waals surface area contributed by atoms with Crippen LogP contribution in [-0.2, 0) is 9.53 Å². The van der Waals surface area contributed by atoms with Crippen LogP contribution in [0.2, 0.25) is 0 Å². The Kier molecular flexibility index (Phi) is 2.22. The molecule has 0 aromatic heterocycles. The molecule has 2 heterocycles. The Labute approximate surface area is 77.5 Å². The molecule has 2 rings (SSSR count). The summed E-state index contributed by atoms with van der Waals surface area (Å²) in [7, 11) is 0. The Morgan fingerprint density at radius 1 is 1.54 bits per heavy atom. The number of hydrogen-bond acceptors (Lipinski definition) is 4. The van der Waals surface area contributed by atoms with Gasteiger partial charge in [0.05, 0.1) is 5.70 Å². The fourth-order valence-corrected chi connectivity index (χ4v) is 1.87. The predicted octanol–water partition coefficient (Wildman–Crippen LogP) is 0.765. The van der Waals surface area contributed by atoms with E-state index < -0.39 is 0 Å². The topological polar surface area (TPSA) is 41.6 Å². The summed E-state index contributed by atoms with van der Waals surface area (Å²) >= 11 is 0. The first kappa shape index (κ1) is 8.56. The molecule has 0 aliphatic carbocycles. The van der Waals surface area contributed by atoms with E-state index in [4.69, 9.17) is 4.74 Å². The van der Waals surface area contributed by atoms with E-state index in [9.17, 15) is 4.79 Å². The Morgan fingerprint density at radius 2 is 2.38 bits per heavy atom. The summed E-state index contributed by atoms with van der Waals surface area (Å²) < 4.78 is 5.16. The number of allylic oxidation sites excluding steroid dienone is 1. The van der Waals surface area contributed by atoms with Crippen molar-refractivity contribution in [2.24, 2.45) is 0 Å². The number of fused-ring (bicyclic) bond motifs is 1. The molecule has 4 nitrogen and oxygen atoms in total. The number of nitrogens with zero attached hydrogens (tertiary/aromatic N) is 1. The monoisotopic (exact) mass is 182 g/mol. The van der Waals surface area contributed by atoms with Gasteiger partial charge in [-0.05, 0) is 12.8 Å². The molecule has 0 aromatic rings. The summed E-state index contributed by atoms with van der Waals surface area (Å²) in [5.74, 6) is 0.653. The van der Waals surface area contributed by atoms with Gasteiger partial charge in [0.15, 0.2) is 0 Å². The normalized spacial score (nSPS) is 21.8. The SMILES string of the molecule is CC(=O)OC1=C2CCCN2NCC1. The highest BCUT2D eigenvalue weighted by Gasteiger charge is 2.25. The van der Waals surface area contributed by atoms with Crippen molar-refractivity contribution in [3.63, 3.8) is 0 Å². The molecule has 0 atom stereocenters. The Bertz CT molecular complexity index is 260. The summed E-state index contributed by atoms with van der Waals surface area (Å²) in [4.78, 5) is 10.8. The molecule has 72 valence electrons. The van der Waals surface area contributed by atoms with Gasteiger partial charge in [-0.3, -0.25) is 4.79 Å². The number of ether oxygens (including phenoxy) is 1. The van der Waals surface area contributed by atoms with Crippen molar-refractivity contribution in [1.82, 2.24) is 10.4 Å². The van der Waals surface area contributed by atoms with Crippen molar-refractivity contribution in [2.45, 2.75) is 26.2 Å². The zero-order chi connectivity index (χ0) is 9.26. The Hall–Kier alpha value is -1.03. The van der Waals surface area contributed by atoms with Gasteiger partial charge in [0.1, 0.15) is 5.76 Å². The average Bonchev–Trinajstić information content (AvgIpc) is 2.51. The molecule has 0 aromatic carbocycles. The minimum absolute atomic E-state index is 0.212. The molecule has 0 bridgehead atoms. The molecular formula is C9H14N2O2. The van der Waals surface area contributed by atoms with Crippen molar-refractivity contribution in [3.05, 3.63) is 11.5 Å². The van der Waals surface area contributed by atoms with Crippen LogP contribution in [0.5, 0.6) is 0 Å². The molecule has 0 unspecified atom stereocenters. The van der Waals surface area contributed by atoms with Gasteiger partial charge in [0.2, 0.25) is 0 Å². The van der Waals surface area contributed by atoms with E-state index in [0.717, 1.165) is 38.1 Å². The molecule has 2 aliphatic heterocycles.